The summed E-state index contributed by atoms with van der Waals surface area (Å²) in [6.45, 7) is 7.58. The van der Waals surface area contributed by atoms with E-state index < -0.39 is 0 Å². The van der Waals surface area contributed by atoms with E-state index in [1.807, 2.05) is 13.0 Å². The van der Waals surface area contributed by atoms with Crippen molar-refractivity contribution >= 4 is 23.3 Å². The fourth-order valence-electron chi connectivity index (χ4n) is 1.98. The summed E-state index contributed by atoms with van der Waals surface area (Å²) >= 11 is 5.21. The Bertz CT molecular complexity index is 437. The van der Waals surface area contributed by atoms with Gasteiger partial charge in [0.05, 0.1) is 13.2 Å². The van der Waals surface area contributed by atoms with Crippen molar-refractivity contribution in [2.45, 2.75) is 13.3 Å². The third-order valence-corrected chi connectivity index (χ3v) is 3.31. The Balaban J connectivity index is 1.60. The smallest absolute Gasteiger partial charge is 0.229 e. The van der Waals surface area contributed by atoms with Crippen LogP contribution in [0.2, 0.25) is 0 Å². The van der Waals surface area contributed by atoms with Crippen molar-refractivity contribution < 1.29 is 4.74 Å². The van der Waals surface area contributed by atoms with E-state index in [1.165, 1.54) is 0 Å². The largest absolute Gasteiger partial charge is 0.379 e. The lowest BCUT2D eigenvalue weighted by Crippen LogP contribution is -2.38. The van der Waals surface area contributed by atoms with Crippen molar-refractivity contribution in [2.24, 2.45) is 0 Å². The van der Waals surface area contributed by atoms with E-state index in [0.717, 1.165) is 51.5 Å². The zero-order valence-corrected chi connectivity index (χ0v) is 12.6. The van der Waals surface area contributed by atoms with Crippen LogP contribution in [0.1, 0.15) is 12.1 Å². The summed E-state index contributed by atoms with van der Waals surface area (Å²) in [5, 5.41) is 6.73. The van der Waals surface area contributed by atoms with Crippen LogP contribution in [0.25, 0.3) is 0 Å². The number of rotatable bonds is 5. The molecule has 2 heterocycles. The molecule has 1 aromatic rings. The van der Waals surface area contributed by atoms with Crippen molar-refractivity contribution in [2.75, 3.05) is 44.7 Å². The highest BCUT2D eigenvalue weighted by atomic mass is 32.1. The first-order chi connectivity index (χ1) is 9.74. The Hall–Kier alpha value is -1.31. The molecule has 0 aliphatic carbocycles. The lowest BCUT2D eigenvalue weighted by Gasteiger charge is -2.26. The molecule has 20 heavy (non-hydrogen) atoms. The van der Waals surface area contributed by atoms with Gasteiger partial charge in [-0.05, 0) is 38.2 Å². The molecule has 1 fully saturated rings. The van der Waals surface area contributed by atoms with Crippen LogP contribution in [0.5, 0.6) is 0 Å². The highest BCUT2D eigenvalue weighted by Gasteiger charge is 2.09. The molecule has 6 nitrogen and oxygen atoms in total. The summed E-state index contributed by atoms with van der Waals surface area (Å²) in [4.78, 5) is 10.8. The minimum atomic E-state index is 0.538. The molecule has 0 saturated carbocycles. The van der Waals surface area contributed by atoms with Crippen LogP contribution in [0.4, 0.5) is 5.95 Å². The number of thiocarbonyl (C=S) groups is 1. The van der Waals surface area contributed by atoms with Gasteiger partial charge in [0.1, 0.15) is 0 Å². The van der Waals surface area contributed by atoms with Gasteiger partial charge in [-0.3, -0.25) is 4.90 Å². The van der Waals surface area contributed by atoms with Crippen LogP contribution in [-0.4, -0.2) is 59.4 Å². The summed E-state index contributed by atoms with van der Waals surface area (Å²) in [5.74, 6) is 0.538. The maximum absolute atomic E-state index is 5.32. The Morgan fingerprint density at radius 2 is 2.25 bits per heavy atom. The van der Waals surface area contributed by atoms with Crippen molar-refractivity contribution in [1.82, 2.24) is 20.2 Å². The molecular formula is C13H21N5OS. The Morgan fingerprint density at radius 3 is 3.00 bits per heavy atom. The van der Waals surface area contributed by atoms with E-state index in [-0.39, 0.29) is 0 Å². The van der Waals surface area contributed by atoms with Crippen LogP contribution in [-0.2, 0) is 4.74 Å². The predicted octanol–water partition coefficient (Wildman–Crippen LogP) is 0.794. The number of nitrogens with zero attached hydrogens (tertiary/aromatic N) is 3. The number of aromatic nitrogens is 2. The molecule has 110 valence electrons. The maximum atomic E-state index is 5.32. The molecule has 0 aromatic carbocycles. The number of aryl methyl sites for hydroxylation is 1. The quantitative estimate of drug-likeness (QED) is 0.615. The zero-order valence-electron chi connectivity index (χ0n) is 11.8. The number of hydrogen-bond donors (Lipinski definition) is 2. The summed E-state index contributed by atoms with van der Waals surface area (Å²) in [7, 11) is 0. The SMILES string of the molecule is Cc1ccnc(NC(=S)NCCCN2CCOCC2)n1. The molecule has 2 N–H and O–H groups in total. The van der Waals surface area contributed by atoms with E-state index in [9.17, 15) is 0 Å². The van der Waals surface area contributed by atoms with Gasteiger partial charge >= 0.3 is 0 Å². The van der Waals surface area contributed by atoms with Gasteiger partial charge in [-0.15, -0.1) is 0 Å². The lowest BCUT2D eigenvalue weighted by atomic mass is 10.3. The molecule has 0 atom stereocenters. The Labute approximate surface area is 124 Å². The molecule has 0 radical (unpaired) electrons. The second kappa shape index (κ2) is 8.08. The van der Waals surface area contributed by atoms with E-state index >= 15 is 0 Å². The lowest BCUT2D eigenvalue weighted by molar-refractivity contribution is 0.0376. The van der Waals surface area contributed by atoms with Gasteiger partial charge in [0, 0.05) is 31.5 Å². The third-order valence-electron chi connectivity index (χ3n) is 3.06. The maximum Gasteiger partial charge on any atom is 0.229 e. The van der Waals surface area contributed by atoms with E-state index in [2.05, 4.69) is 25.5 Å². The van der Waals surface area contributed by atoms with Gasteiger partial charge in [-0.1, -0.05) is 0 Å². The average Bonchev–Trinajstić information content (AvgIpc) is 2.45. The Morgan fingerprint density at radius 1 is 1.45 bits per heavy atom. The normalized spacial score (nSPS) is 15.8. The van der Waals surface area contributed by atoms with Crippen LogP contribution in [0.15, 0.2) is 12.3 Å². The number of ether oxygens (including phenoxy) is 1. The standard InChI is InChI=1S/C13H21N5OS/c1-11-3-5-14-12(16-11)17-13(20)15-4-2-6-18-7-9-19-10-8-18/h3,5H,2,4,6-10H2,1H3,(H2,14,15,16,17,20). The van der Waals surface area contributed by atoms with Gasteiger partial charge in [-0.25, -0.2) is 9.97 Å². The van der Waals surface area contributed by atoms with Gasteiger partial charge in [-0.2, -0.15) is 0 Å². The first-order valence-electron chi connectivity index (χ1n) is 6.88. The minimum Gasteiger partial charge on any atom is -0.379 e. The van der Waals surface area contributed by atoms with Gasteiger partial charge < -0.3 is 15.4 Å². The fraction of sp³-hybridized carbons (Fsp3) is 0.615. The molecule has 2 rings (SSSR count). The second-order valence-electron chi connectivity index (χ2n) is 4.71. The zero-order chi connectivity index (χ0) is 14.2. The molecule has 0 spiro atoms. The van der Waals surface area contributed by atoms with Crippen LogP contribution in [0, 0.1) is 6.92 Å². The molecule has 1 aliphatic rings. The summed E-state index contributed by atoms with van der Waals surface area (Å²) in [6.07, 6.45) is 2.77. The number of morpholine rings is 1. The molecule has 0 bridgehead atoms. The van der Waals surface area contributed by atoms with Gasteiger partial charge in [0.25, 0.3) is 0 Å². The fourth-order valence-corrected chi connectivity index (χ4v) is 2.18. The monoisotopic (exact) mass is 295 g/mol. The highest BCUT2D eigenvalue weighted by Crippen LogP contribution is 1.99. The summed E-state index contributed by atoms with van der Waals surface area (Å²) in [5.41, 5.74) is 0.914. The summed E-state index contributed by atoms with van der Waals surface area (Å²) in [6, 6.07) is 1.85. The third kappa shape index (κ3) is 5.36. The number of nitrogens with one attached hydrogen (secondary N) is 2. The topological polar surface area (TPSA) is 62.3 Å². The molecule has 1 saturated heterocycles. The van der Waals surface area contributed by atoms with Crippen LogP contribution in [0.3, 0.4) is 0 Å². The first-order valence-corrected chi connectivity index (χ1v) is 7.29. The van der Waals surface area contributed by atoms with Crippen molar-refractivity contribution in [3.05, 3.63) is 18.0 Å². The highest BCUT2D eigenvalue weighted by molar-refractivity contribution is 7.80. The average molecular weight is 295 g/mol. The van der Waals surface area contributed by atoms with E-state index in [1.54, 1.807) is 6.20 Å². The van der Waals surface area contributed by atoms with Crippen LogP contribution < -0.4 is 10.6 Å². The van der Waals surface area contributed by atoms with Crippen LogP contribution >= 0.6 is 12.2 Å². The molecule has 1 aliphatic heterocycles. The molecule has 0 amide bonds. The van der Waals surface area contributed by atoms with Gasteiger partial charge in [0.2, 0.25) is 5.95 Å². The summed E-state index contributed by atoms with van der Waals surface area (Å²) < 4.78 is 5.32. The first kappa shape index (κ1) is 15.1. The molecule has 0 unspecified atom stereocenters. The van der Waals surface area contributed by atoms with Gasteiger partial charge in [0.15, 0.2) is 5.11 Å². The number of hydrogen-bond acceptors (Lipinski definition) is 5. The van der Waals surface area contributed by atoms with Crippen molar-refractivity contribution in [1.29, 1.82) is 0 Å². The second-order valence-corrected chi connectivity index (χ2v) is 5.12. The molecule has 7 heteroatoms. The predicted molar refractivity (Wildman–Crippen MR) is 82.9 cm³/mol. The minimum absolute atomic E-state index is 0.538. The molecular weight excluding hydrogens is 274 g/mol. The number of anilines is 1. The van der Waals surface area contributed by atoms with Crippen molar-refractivity contribution in [3.63, 3.8) is 0 Å². The Kier molecular flexibility index (Phi) is 6.10. The molecule has 1 aromatic heterocycles. The van der Waals surface area contributed by atoms with E-state index in [0.29, 0.717) is 11.1 Å². The van der Waals surface area contributed by atoms with E-state index in [4.69, 9.17) is 17.0 Å². The van der Waals surface area contributed by atoms with Crippen molar-refractivity contribution in [3.8, 4) is 0 Å².